The molecule has 0 aliphatic rings. The highest BCUT2D eigenvalue weighted by Gasteiger charge is 1.83. The highest BCUT2D eigenvalue weighted by atomic mass is 13.9. The summed E-state index contributed by atoms with van der Waals surface area (Å²) in [4.78, 5) is 0. The second-order valence-electron chi connectivity index (χ2n) is 2.86. The Morgan fingerprint density at radius 2 is 1.86 bits per heavy atom. The first kappa shape index (κ1) is 10.3. The third kappa shape index (κ3) is 3.33. The summed E-state index contributed by atoms with van der Waals surface area (Å²) in [6.45, 7) is 3.99. The van der Waals surface area contributed by atoms with Crippen LogP contribution in [0.25, 0.3) is 0 Å². The summed E-state index contributed by atoms with van der Waals surface area (Å²) in [7, 11) is 0. The molecule has 0 atom stereocenters. The van der Waals surface area contributed by atoms with Crippen molar-refractivity contribution in [1.29, 1.82) is 0 Å². The van der Waals surface area contributed by atoms with E-state index in [-0.39, 0.29) is 0 Å². The van der Waals surface area contributed by atoms with Crippen LogP contribution in [-0.2, 0) is 0 Å². The predicted octanol–water partition coefficient (Wildman–Crippen LogP) is 3.56. The molecule has 70 valence electrons. The van der Waals surface area contributed by atoms with Gasteiger partial charge in [0.2, 0.25) is 0 Å². The van der Waals surface area contributed by atoms with Crippen LogP contribution >= 0.6 is 0 Å². The van der Waals surface area contributed by atoms with Gasteiger partial charge in [-0.2, -0.15) is 0 Å². The molecule has 0 fully saturated rings. The van der Waals surface area contributed by atoms with E-state index in [1.807, 2.05) is 62.4 Å². The van der Waals surface area contributed by atoms with Crippen LogP contribution in [-0.4, -0.2) is 0 Å². The van der Waals surface area contributed by atoms with Crippen LogP contribution in [0.15, 0.2) is 54.1 Å². The minimum absolute atomic E-state index is 1.05. The van der Waals surface area contributed by atoms with Crippen molar-refractivity contribution in [2.75, 3.05) is 0 Å². The molecule has 0 bridgehead atoms. The lowest BCUT2D eigenvalue weighted by molar-refractivity contribution is 1.60. The maximum atomic E-state index is 3.11. The van der Waals surface area contributed by atoms with Crippen LogP contribution in [0, 0.1) is 11.8 Å². The van der Waals surface area contributed by atoms with E-state index in [1.165, 1.54) is 0 Å². The number of benzene rings is 1. The second kappa shape index (κ2) is 5.83. The zero-order chi connectivity index (χ0) is 10.2. The Hall–Kier alpha value is -1.74. The van der Waals surface area contributed by atoms with Crippen molar-refractivity contribution in [1.82, 2.24) is 0 Å². The van der Waals surface area contributed by atoms with Gasteiger partial charge in [0.15, 0.2) is 0 Å². The fraction of sp³-hybridized carbons (Fsp3) is 0.143. The van der Waals surface area contributed by atoms with E-state index in [0.717, 1.165) is 11.1 Å². The molecule has 0 saturated carbocycles. The molecule has 1 rings (SSSR count). The van der Waals surface area contributed by atoms with Gasteiger partial charge in [0.1, 0.15) is 0 Å². The van der Waals surface area contributed by atoms with Gasteiger partial charge in [0.25, 0.3) is 0 Å². The van der Waals surface area contributed by atoms with Crippen molar-refractivity contribution in [2.24, 2.45) is 0 Å². The summed E-state index contributed by atoms with van der Waals surface area (Å²) >= 11 is 0. The van der Waals surface area contributed by atoms with Gasteiger partial charge in [-0.3, -0.25) is 0 Å². The summed E-state index contributed by atoms with van der Waals surface area (Å²) in [6.07, 6.45) is 6.01. The molecule has 0 amide bonds. The van der Waals surface area contributed by atoms with Gasteiger partial charge in [0, 0.05) is 11.1 Å². The van der Waals surface area contributed by atoms with Crippen LogP contribution < -0.4 is 0 Å². The van der Waals surface area contributed by atoms with Gasteiger partial charge >= 0.3 is 0 Å². The van der Waals surface area contributed by atoms with Crippen LogP contribution in [0.2, 0.25) is 0 Å². The van der Waals surface area contributed by atoms with E-state index in [2.05, 4.69) is 11.8 Å². The topological polar surface area (TPSA) is 0 Å². The monoisotopic (exact) mass is 182 g/mol. The molecule has 0 saturated heterocycles. The van der Waals surface area contributed by atoms with Gasteiger partial charge in [-0.1, -0.05) is 48.3 Å². The minimum atomic E-state index is 1.05. The van der Waals surface area contributed by atoms with E-state index in [9.17, 15) is 0 Å². The van der Waals surface area contributed by atoms with Crippen molar-refractivity contribution < 1.29 is 0 Å². The molecule has 1 aromatic carbocycles. The summed E-state index contributed by atoms with van der Waals surface area (Å²) in [5, 5.41) is 0. The van der Waals surface area contributed by atoms with E-state index >= 15 is 0 Å². The third-order valence-electron chi connectivity index (χ3n) is 1.78. The van der Waals surface area contributed by atoms with E-state index in [0.29, 0.717) is 0 Å². The van der Waals surface area contributed by atoms with E-state index < -0.39 is 0 Å². The maximum Gasteiger partial charge on any atom is 0.0249 e. The summed E-state index contributed by atoms with van der Waals surface area (Å²) < 4.78 is 0. The summed E-state index contributed by atoms with van der Waals surface area (Å²) in [6, 6.07) is 10.0. The average molecular weight is 182 g/mol. The smallest absolute Gasteiger partial charge is 0.0249 e. The minimum Gasteiger partial charge on any atom is -0.0864 e. The fourth-order valence-corrected chi connectivity index (χ4v) is 1.06. The predicted molar refractivity (Wildman–Crippen MR) is 61.9 cm³/mol. The van der Waals surface area contributed by atoms with Crippen LogP contribution in [0.1, 0.15) is 19.4 Å². The highest BCUT2D eigenvalue weighted by Crippen LogP contribution is 1.98. The lowest BCUT2D eigenvalue weighted by Crippen LogP contribution is -1.73. The highest BCUT2D eigenvalue weighted by molar-refractivity contribution is 5.44. The van der Waals surface area contributed by atoms with Crippen LogP contribution in [0.3, 0.4) is 0 Å². The molecule has 0 aliphatic heterocycles. The first-order valence-corrected chi connectivity index (χ1v) is 4.73. The zero-order valence-corrected chi connectivity index (χ0v) is 8.62. The third-order valence-corrected chi connectivity index (χ3v) is 1.78. The number of rotatable bonds is 1. The number of hydrogen-bond acceptors (Lipinski definition) is 0. The van der Waals surface area contributed by atoms with Crippen LogP contribution in [0.4, 0.5) is 0 Å². The Morgan fingerprint density at radius 1 is 1.14 bits per heavy atom. The quantitative estimate of drug-likeness (QED) is 0.460. The van der Waals surface area contributed by atoms with Crippen molar-refractivity contribution in [3.05, 3.63) is 59.7 Å². The molecule has 0 unspecified atom stereocenters. The standard InChI is InChI=1S/C14H14/c1-3-8-13(4-2)11-12-14-9-6-5-7-10-14/h3-10H,1-2H3/b8-3-,13-4+. The Bertz CT molecular complexity index is 383. The van der Waals surface area contributed by atoms with Gasteiger partial charge in [-0.25, -0.2) is 0 Å². The number of hydrogen-bond donors (Lipinski definition) is 0. The lowest BCUT2D eigenvalue weighted by atomic mass is 10.2. The normalized spacial score (nSPS) is 11.1. The molecule has 14 heavy (non-hydrogen) atoms. The van der Waals surface area contributed by atoms with Gasteiger partial charge in [-0.05, 0) is 26.0 Å². The van der Waals surface area contributed by atoms with Gasteiger partial charge in [-0.15, -0.1) is 0 Å². The molecule has 0 heteroatoms. The first-order valence-electron chi connectivity index (χ1n) is 4.73. The van der Waals surface area contributed by atoms with Gasteiger partial charge < -0.3 is 0 Å². The van der Waals surface area contributed by atoms with Crippen molar-refractivity contribution >= 4 is 0 Å². The molecule has 0 spiro atoms. The fourth-order valence-electron chi connectivity index (χ4n) is 1.06. The van der Waals surface area contributed by atoms with Crippen molar-refractivity contribution in [3.8, 4) is 11.8 Å². The largest absolute Gasteiger partial charge is 0.0864 e. The van der Waals surface area contributed by atoms with Crippen molar-refractivity contribution in [3.63, 3.8) is 0 Å². The zero-order valence-electron chi connectivity index (χ0n) is 8.62. The molecule has 0 radical (unpaired) electrons. The molecule has 0 nitrogen and oxygen atoms in total. The molecule has 1 aromatic rings. The van der Waals surface area contributed by atoms with Crippen LogP contribution in [0.5, 0.6) is 0 Å². The summed E-state index contributed by atoms with van der Waals surface area (Å²) in [5.74, 6) is 6.22. The lowest BCUT2D eigenvalue weighted by Gasteiger charge is -1.88. The molecule has 0 N–H and O–H groups in total. The molecule has 0 aliphatic carbocycles. The molecule has 0 heterocycles. The molecule has 0 aromatic heterocycles. The average Bonchev–Trinajstić information content (AvgIpc) is 2.25. The van der Waals surface area contributed by atoms with Gasteiger partial charge in [0.05, 0.1) is 0 Å². The Balaban J connectivity index is 2.82. The molecular weight excluding hydrogens is 168 g/mol. The van der Waals surface area contributed by atoms with E-state index in [4.69, 9.17) is 0 Å². The first-order chi connectivity index (χ1) is 6.86. The SMILES string of the molecule is C/C=C\C(C#Cc1ccccc1)=C/C. The maximum absolute atomic E-state index is 3.11. The Kier molecular flexibility index (Phi) is 4.31. The Labute approximate surface area is 86.0 Å². The Morgan fingerprint density at radius 3 is 2.43 bits per heavy atom. The molecular formula is C14H14. The number of allylic oxidation sites excluding steroid dienone is 4. The summed E-state index contributed by atoms with van der Waals surface area (Å²) in [5.41, 5.74) is 2.10. The van der Waals surface area contributed by atoms with E-state index in [1.54, 1.807) is 0 Å². The van der Waals surface area contributed by atoms with Crippen molar-refractivity contribution in [2.45, 2.75) is 13.8 Å². The second-order valence-corrected chi connectivity index (χ2v) is 2.86.